The van der Waals surface area contributed by atoms with E-state index in [-0.39, 0.29) is 18.9 Å². The molecule has 2 aromatic rings. The van der Waals surface area contributed by atoms with Crippen molar-refractivity contribution in [3.63, 3.8) is 0 Å². The predicted molar refractivity (Wildman–Crippen MR) is 130 cm³/mol. The first-order valence-corrected chi connectivity index (χ1v) is 11.1. The highest BCUT2D eigenvalue weighted by Crippen LogP contribution is 2.38. The van der Waals surface area contributed by atoms with Crippen molar-refractivity contribution >= 4 is 25.1 Å². The summed E-state index contributed by atoms with van der Waals surface area (Å²) in [5.41, 5.74) is 3.07. The molecule has 0 saturated carbocycles. The molecule has 1 aliphatic heterocycles. The van der Waals surface area contributed by atoms with Crippen molar-refractivity contribution in [1.82, 2.24) is 5.32 Å². The standard InChI is InChI=1S/C26H32BNO5/c1-18-12-13-21(19(2)29)14-22(18)15-23(27-32-25(3,4)26(5,6)33-27)16-28-24(30)31-17-20-10-8-7-9-11-20/h7-15H,16-17H2,1-6H3,(H,28,30). The van der Waals surface area contributed by atoms with Crippen LogP contribution in [0.1, 0.15) is 61.7 Å². The number of ether oxygens (including phenoxy) is 1. The second-order valence-electron chi connectivity index (χ2n) is 9.35. The van der Waals surface area contributed by atoms with Gasteiger partial charge in [-0.25, -0.2) is 4.79 Å². The van der Waals surface area contributed by atoms with Crippen LogP contribution in [0.4, 0.5) is 4.79 Å². The van der Waals surface area contributed by atoms with E-state index in [1.165, 1.54) is 6.92 Å². The fourth-order valence-electron chi connectivity index (χ4n) is 3.36. The Kier molecular flexibility index (Phi) is 7.45. The molecule has 1 N–H and O–H groups in total. The van der Waals surface area contributed by atoms with Gasteiger partial charge in [-0.15, -0.1) is 0 Å². The lowest BCUT2D eigenvalue weighted by Gasteiger charge is -2.32. The molecule has 0 aliphatic carbocycles. The number of carbonyl (C=O) groups is 2. The minimum absolute atomic E-state index is 0.00977. The molecule has 1 fully saturated rings. The first kappa shape index (κ1) is 24.7. The zero-order valence-electron chi connectivity index (χ0n) is 20.2. The van der Waals surface area contributed by atoms with E-state index in [9.17, 15) is 9.59 Å². The summed E-state index contributed by atoms with van der Waals surface area (Å²) >= 11 is 0. The van der Waals surface area contributed by atoms with Crippen molar-refractivity contribution in [3.05, 3.63) is 76.3 Å². The van der Waals surface area contributed by atoms with Gasteiger partial charge in [0.15, 0.2) is 5.78 Å². The van der Waals surface area contributed by atoms with E-state index >= 15 is 0 Å². The number of carbonyl (C=O) groups excluding carboxylic acids is 2. The Labute approximate surface area is 196 Å². The van der Waals surface area contributed by atoms with Gasteiger partial charge in [-0.1, -0.05) is 48.5 Å². The number of ketones is 1. The van der Waals surface area contributed by atoms with Crippen LogP contribution in [-0.4, -0.2) is 36.7 Å². The van der Waals surface area contributed by atoms with Gasteiger partial charge in [0.1, 0.15) is 6.61 Å². The second-order valence-corrected chi connectivity index (χ2v) is 9.35. The van der Waals surface area contributed by atoms with Gasteiger partial charge in [-0.3, -0.25) is 4.79 Å². The van der Waals surface area contributed by atoms with Gasteiger partial charge in [-0.2, -0.15) is 0 Å². The highest BCUT2D eigenvalue weighted by Gasteiger charge is 2.52. The molecular formula is C26H32BNO5. The Balaban J connectivity index is 1.81. The number of hydrogen-bond acceptors (Lipinski definition) is 5. The fraction of sp³-hybridized carbons (Fsp3) is 0.385. The summed E-state index contributed by atoms with van der Waals surface area (Å²) in [4.78, 5) is 24.2. The van der Waals surface area contributed by atoms with E-state index < -0.39 is 24.4 Å². The Morgan fingerprint density at radius 2 is 1.67 bits per heavy atom. The third-order valence-electron chi connectivity index (χ3n) is 6.23. The number of hydrogen-bond donors (Lipinski definition) is 1. The van der Waals surface area contributed by atoms with Gasteiger partial charge >= 0.3 is 13.2 Å². The lowest BCUT2D eigenvalue weighted by atomic mass is 9.76. The largest absolute Gasteiger partial charge is 0.492 e. The molecule has 1 saturated heterocycles. The molecule has 0 radical (unpaired) electrons. The number of benzene rings is 2. The second kappa shape index (κ2) is 9.93. The van der Waals surface area contributed by atoms with Gasteiger partial charge in [0, 0.05) is 12.1 Å². The molecule has 1 amide bonds. The number of rotatable bonds is 7. The van der Waals surface area contributed by atoms with Gasteiger partial charge in [0.25, 0.3) is 0 Å². The Hall–Kier alpha value is -2.90. The first-order chi connectivity index (χ1) is 15.5. The van der Waals surface area contributed by atoms with Crippen LogP contribution in [0.5, 0.6) is 0 Å². The molecule has 7 heteroatoms. The number of aryl methyl sites for hydroxylation is 1. The van der Waals surface area contributed by atoms with Crippen molar-refractivity contribution in [3.8, 4) is 0 Å². The molecule has 0 bridgehead atoms. The summed E-state index contributed by atoms with van der Waals surface area (Å²) in [5.74, 6) is -0.00977. The summed E-state index contributed by atoms with van der Waals surface area (Å²) in [7, 11) is -0.648. The zero-order chi connectivity index (χ0) is 24.2. The van der Waals surface area contributed by atoms with E-state index in [1.807, 2.05) is 89.2 Å². The summed E-state index contributed by atoms with van der Waals surface area (Å²) in [6, 6.07) is 15.1. The molecule has 0 aromatic heterocycles. The van der Waals surface area contributed by atoms with Crippen molar-refractivity contribution in [2.24, 2.45) is 0 Å². The van der Waals surface area contributed by atoms with Crippen molar-refractivity contribution in [2.75, 3.05) is 6.54 Å². The maximum atomic E-state index is 12.4. The number of Topliss-reactive ketones (excluding diaryl/α,β-unsaturated/α-hetero) is 1. The summed E-state index contributed by atoms with van der Waals surface area (Å²) in [6.07, 6.45) is 1.39. The SMILES string of the molecule is CC(=O)c1ccc(C)c(C=C(CNC(=O)OCc2ccccc2)B2OC(C)(C)C(C)(C)O2)c1. The Morgan fingerprint density at radius 1 is 1.03 bits per heavy atom. The van der Waals surface area contributed by atoms with E-state index in [0.29, 0.717) is 5.56 Å². The fourth-order valence-corrected chi connectivity index (χ4v) is 3.36. The lowest BCUT2D eigenvalue weighted by molar-refractivity contribution is 0.00578. The van der Waals surface area contributed by atoms with Crippen LogP contribution in [-0.2, 0) is 20.7 Å². The molecule has 3 rings (SSSR count). The average molecular weight is 449 g/mol. The van der Waals surface area contributed by atoms with Crippen LogP contribution >= 0.6 is 0 Å². The summed E-state index contributed by atoms with van der Waals surface area (Å²) in [6.45, 7) is 11.8. The zero-order valence-corrected chi connectivity index (χ0v) is 20.2. The minimum atomic E-state index is -0.648. The number of alkyl carbamates (subject to hydrolysis) is 1. The topological polar surface area (TPSA) is 73.9 Å². The van der Waals surface area contributed by atoms with Crippen molar-refractivity contribution in [2.45, 2.75) is 59.4 Å². The van der Waals surface area contributed by atoms with Crippen molar-refractivity contribution < 1.29 is 23.6 Å². The van der Waals surface area contributed by atoms with Gasteiger partial charge < -0.3 is 19.4 Å². The van der Waals surface area contributed by atoms with Crippen LogP contribution < -0.4 is 5.32 Å². The normalized spacial score (nSPS) is 17.0. The van der Waals surface area contributed by atoms with Crippen LogP contribution in [0.2, 0.25) is 0 Å². The molecule has 174 valence electrons. The average Bonchev–Trinajstić information content (AvgIpc) is 2.98. The highest BCUT2D eigenvalue weighted by atomic mass is 16.7. The molecule has 1 heterocycles. The quantitative estimate of drug-likeness (QED) is 0.468. The van der Waals surface area contributed by atoms with Gasteiger partial charge in [0.05, 0.1) is 11.2 Å². The van der Waals surface area contributed by atoms with Crippen LogP contribution in [0.25, 0.3) is 6.08 Å². The molecule has 0 spiro atoms. The van der Waals surface area contributed by atoms with Gasteiger partial charge in [0.2, 0.25) is 0 Å². The van der Waals surface area contributed by atoms with Crippen molar-refractivity contribution in [1.29, 1.82) is 0 Å². The maximum Gasteiger partial charge on any atom is 0.492 e. The Bertz CT molecular complexity index is 1030. The van der Waals surface area contributed by atoms with Crippen LogP contribution in [0.3, 0.4) is 0 Å². The Morgan fingerprint density at radius 3 is 2.27 bits per heavy atom. The van der Waals surface area contributed by atoms with E-state index in [1.54, 1.807) is 0 Å². The van der Waals surface area contributed by atoms with E-state index in [4.69, 9.17) is 14.0 Å². The number of amides is 1. The maximum absolute atomic E-state index is 12.4. The van der Waals surface area contributed by atoms with Gasteiger partial charge in [-0.05, 0) is 69.8 Å². The van der Waals surface area contributed by atoms with E-state index in [0.717, 1.165) is 22.2 Å². The first-order valence-electron chi connectivity index (χ1n) is 11.1. The minimum Gasteiger partial charge on any atom is -0.445 e. The third kappa shape index (κ3) is 6.12. The lowest BCUT2D eigenvalue weighted by Crippen LogP contribution is -2.41. The molecular weight excluding hydrogens is 417 g/mol. The predicted octanol–water partition coefficient (Wildman–Crippen LogP) is 5.14. The summed E-state index contributed by atoms with van der Waals surface area (Å²) < 4.78 is 17.8. The number of nitrogens with one attached hydrogen (secondary N) is 1. The smallest absolute Gasteiger partial charge is 0.445 e. The monoisotopic (exact) mass is 449 g/mol. The summed E-state index contributed by atoms with van der Waals surface area (Å²) in [5, 5.41) is 2.81. The highest BCUT2D eigenvalue weighted by molar-refractivity contribution is 6.56. The van der Waals surface area contributed by atoms with E-state index in [2.05, 4.69) is 5.32 Å². The molecule has 33 heavy (non-hydrogen) atoms. The molecule has 0 atom stereocenters. The molecule has 0 unspecified atom stereocenters. The molecule has 1 aliphatic rings. The van der Waals surface area contributed by atoms with Crippen LogP contribution in [0.15, 0.2) is 54.0 Å². The third-order valence-corrected chi connectivity index (χ3v) is 6.23. The molecule has 6 nitrogen and oxygen atoms in total. The molecule has 2 aromatic carbocycles. The van der Waals surface area contributed by atoms with Crippen LogP contribution in [0, 0.1) is 6.92 Å².